The lowest BCUT2D eigenvalue weighted by molar-refractivity contribution is -0.385. The lowest BCUT2D eigenvalue weighted by Gasteiger charge is -2.06. The van der Waals surface area contributed by atoms with Crippen molar-refractivity contribution in [3.8, 4) is 17.7 Å². The average Bonchev–Trinajstić information content (AvgIpc) is 2.41. The van der Waals surface area contributed by atoms with Gasteiger partial charge in [0, 0.05) is 16.7 Å². The maximum Gasteiger partial charge on any atom is 0.312 e. The maximum atomic E-state index is 10.9. The van der Waals surface area contributed by atoms with E-state index in [4.69, 9.17) is 10.00 Å². The molecule has 0 fully saturated rings. The molecule has 0 atom stereocenters. The number of nitro benzene ring substituents is 1. The van der Waals surface area contributed by atoms with E-state index >= 15 is 0 Å². The van der Waals surface area contributed by atoms with E-state index in [-0.39, 0.29) is 22.9 Å². The molecule has 2 rings (SSSR count). The van der Waals surface area contributed by atoms with E-state index in [9.17, 15) is 10.1 Å². The van der Waals surface area contributed by atoms with E-state index in [0.29, 0.717) is 4.47 Å². The monoisotopic (exact) mass is 319 g/mol. The fourth-order valence-corrected chi connectivity index (χ4v) is 1.73. The molecular weight excluding hydrogens is 314 g/mol. The highest BCUT2D eigenvalue weighted by Crippen LogP contribution is 2.33. The first-order valence-electron chi connectivity index (χ1n) is 5.08. The first-order chi connectivity index (χ1) is 9.11. The molecule has 0 saturated carbocycles. The summed E-state index contributed by atoms with van der Waals surface area (Å²) in [6.45, 7) is 0. The van der Waals surface area contributed by atoms with Gasteiger partial charge in [0.1, 0.15) is 11.6 Å². The molecule has 1 aromatic heterocycles. The van der Waals surface area contributed by atoms with Gasteiger partial charge in [-0.05, 0) is 24.3 Å². The number of hydrogen-bond acceptors (Lipinski definition) is 5. The van der Waals surface area contributed by atoms with Crippen LogP contribution in [-0.4, -0.2) is 9.91 Å². The van der Waals surface area contributed by atoms with E-state index < -0.39 is 4.92 Å². The van der Waals surface area contributed by atoms with Gasteiger partial charge in [-0.15, -0.1) is 0 Å². The molecule has 0 N–H and O–H groups in total. The fraction of sp³-hybridized carbons (Fsp3) is 0. The third kappa shape index (κ3) is 2.86. The van der Waals surface area contributed by atoms with E-state index in [1.807, 2.05) is 6.07 Å². The van der Waals surface area contributed by atoms with Crippen molar-refractivity contribution in [2.45, 2.75) is 0 Å². The number of hydrogen-bond donors (Lipinski definition) is 0. The van der Waals surface area contributed by atoms with Crippen LogP contribution < -0.4 is 4.74 Å². The summed E-state index contributed by atoms with van der Waals surface area (Å²) in [5.74, 6) is 0.0684. The average molecular weight is 320 g/mol. The second kappa shape index (κ2) is 5.46. The lowest BCUT2D eigenvalue weighted by Crippen LogP contribution is -1.96. The molecule has 19 heavy (non-hydrogen) atoms. The molecule has 2 aromatic rings. The van der Waals surface area contributed by atoms with Crippen LogP contribution in [0.3, 0.4) is 0 Å². The van der Waals surface area contributed by atoms with Gasteiger partial charge < -0.3 is 4.74 Å². The van der Waals surface area contributed by atoms with Crippen LogP contribution in [0.4, 0.5) is 5.69 Å². The Balaban J connectivity index is 2.44. The Morgan fingerprint density at radius 1 is 1.42 bits per heavy atom. The number of pyridine rings is 1. The molecular formula is C12H6BrN3O3. The number of nitriles is 1. The van der Waals surface area contributed by atoms with Gasteiger partial charge in [-0.2, -0.15) is 5.26 Å². The SMILES string of the molecule is N#Cc1cccnc1Oc1ccc(Br)cc1[N+](=O)[O-]. The van der Waals surface area contributed by atoms with Gasteiger partial charge in [-0.25, -0.2) is 4.98 Å². The summed E-state index contributed by atoms with van der Waals surface area (Å²) in [6, 6.07) is 9.39. The van der Waals surface area contributed by atoms with Crippen molar-refractivity contribution >= 4 is 21.6 Å². The number of rotatable bonds is 3. The van der Waals surface area contributed by atoms with Crippen LogP contribution >= 0.6 is 15.9 Å². The highest BCUT2D eigenvalue weighted by molar-refractivity contribution is 9.10. The van der Waals surface area contributed by atoms with Gasteiger partial charge in [0.2, 0.25) is 11.6 Å². The summed E-state index contributed by atoms with van der Waals surface area (Å²) in [6.07, 6.45) is 1.45. The summed E-state index contributed by atoms with van der Waals surface area (Å²) in [5, 5.41) is 19.8. The maximum absolute atomic E-state index is 10.9. The van der Waals surface area contributed by atoms with E-state index in [0.717, 1.165) is 0 Å². The topological polar surface area (TPSA) is 89.0 Å². The summed E-state index contributed by atoms with van der Waals surface area (Å²) in [5.41, 5.74) is 0.00337. The normalized spacial score (nSPS) is 9.68. The zero-order valence-corrected chi connectivity index (χ0v) is 11.0. The largest absolute Gasteiger partial charge is 0.430 e. The zero-order valence-electron chi connectivity index (χ0n) is 9.41. The van der Waals surface area contributed by atoms with Crippen molar-refractivity contribution in [2.24, 2.45) is 0 Å². The van der Waals surface area contributed by atoms with Crippen molar-refractivity contribution in [1.29, 1.82) is 5.26 Å². The lowest BCUT2D eigenvalue weighted by atomic mass is 10.3. The Labute approximate surface area is 116 Å². The first-order valence-corrected chi connectivity index (χ1v) is 5.88. The number of benzene rings is 1. The van der Waals surface area contributed by atoms with Gasteiger partial charge in [-0.1, -0.05) is 15.9 Å². The molecule has 0 aliphatic carbocycles. The van der Waals surface area contributed by atoms with Crippen molar-refractivity contribution in [1.82, 2.24) is 4.98 Å². The second-order valence-corrected chi connectivity index (χ2v) is 4.35. The van der Waals surface area contributed by atoms with Gasteiger partial charge in [0.25, 0.3) is 0 Å². The minimum Gasteiger partial charge on any atom is -0.430 e. The molecule has 0 amide bonds. The van der Waals surface area contributed by atoms with Crippen molar-refractivity contribution in [3.63, 3.8) is 0 Å². The Hall–Kier alpha value is -2.46. The molecule has 6 nitrogen and oxygen atoms in total. The first kappa shape index (κ1) is 13.0. The van der Waals surface area contributed by atoms with Crippen LogP contribution in [0, 0.1) is 21.4 Å². The van der Waals surface area contributed by atoms with Gasteiger partial charge >= 0.3 is 5.69 Å². The third-order valence-corrected chi connectivity index (χ3v) is 2.71. The van der Waals surface area contributed by atoms with Crippen LogP contribution in [0.15, 0.2) is 41.0 Å². The molecule has 0 aliphatic rings. The minimum atomic E-state index is -0.560. The Kier molecular flexibility index (Phi) is 3.73. The molecule has 7 heteroatoms. The fourth-order valence-electron chi connectivity index (χ4n) is 1.38. The number of halogens is 1. The van der Waals surface area contributed by atoms with Crippen LogP contribution in [0.2, 0.25) is 0 Å². The standard InChI is InChI=1S/C12H6BrN3O3/c13-9-3-4-11(10(6-9)16(17)18)19-12-8(7-14)2-1-5-15-12/h1-6H. The van der Waals surface area contributed by atoms with Crippen LogP contribution in [0.1, 0.15) is 5.56 Å². The molecule has 0 saturated heterocycles. The van der Waals surface area contributed by atoms with Crippen LogP contribution in [0.5, 0.6) is 11.6 Å². The summed E-state index contributed by atoms with van der Waals surface area (Å²) < 4.78 is 5.91. The Bertz CT molecular complexity index is 682. The van der Waals surface area contributed by atoms with E-state index in [2.05, 4.69) is 20.9 Å². The summed E-state index contributed by atoms with van der Waals surface area (Å²) >= 11 is 3.15. The second-order valence-electron chi connectivity index (χ2n) is 3.44. The molecule has 0 radical (unpaired) electrons. The highest BCUT2D eigenvalue weighted by atomic mass is 79.9. The molecule has 94 valence electrons. The number of nitrogens with zero attached hydrogens (tertiary/aromatic N) is 3. The van der Waals surface area contributed by atoms with Crippen LogP contribution in [0.25, 0.3) is 0 Å². The number of ether oxygens (including phenoxy) is 1. The Morgan fingerprint density at radius 3 is 2.89 bits per heavy atom. The Morgan fingerprint density at radius 2 is 2.21 bits per heavy atom. The predicted octanol–water partition coefficient (Wildman–Crippen LogP) is 3.42. The van der Waals surface area contributed by atoms with Gasteiger partial charge in [0.05, 0.1) is 4.92 Å². The molecule has 1 heterocycles. The highest BCUT2D eigenvalue weighted by Gasteiger charge is 2.18. The van der Waals surface area contributed by atoms with Crippen LogP contribution in [-0.2, 0) is 0 Å². The summed E-state index contributed by atoms with van der Waals surface area (Å²) in [4.78, 5) is 14.3. The third-order valence-electron chi connectivity index (χ3n) is 2.22. The molecule has 0 bridgehead atoms. The predicted molar refractivity (Wildman–Crippen MR) is 69.8 cm³/mol. The smallest absolute Gasteiger partial charge is 0.312 e. The number of aromatic nitrogens is 1. The van der Waals surface area contributed by atoms with Gasteiger partial charge in [-0.3, -0.25) is 10.1 Å². The number of nitro groups is 1. The van der Waals surface area contributed by atoms with E-state index in [1.165, 1.54) is 24.4 Å². The minimum absolute atomic E-state index is 0.0309. The summed E-state index contributed by atoms with van der Waals surface area (Å²) in [7, 11) is 0. The van der Waals surface area contributed by atoms with Gasteiger partial charge in [0.15, 0.2) is 0 Å². The molecule has 0 spiro atoms. The quantitative estimate of drug-likeness (QED) is 0.638. The molecule has 0 aliphatic heterocycles. The van der Waals surface area contributed by atoms with Crippen molar-refractivity contribution < 1.29 is 9.66 Å². The van der Waals surface area contributed by atoms with Crippen molar-refractivity contribution in [3.05, 3.63) is 56.7 Å². The van der Waals surface area contributed by atoms with Crippen molar-refractivity contribution in [2.75, 3.05) is 0 Å². The molecule has 0 unspecified atom stereocenters. The van der Waals surface area contributed by atoms with E-state index in [1.54, 1.807) is 12.1 Å². The zero-order chi connectivity index (χ0) is 13.8. The molecule has 1 aromatic carbocycles.